The van der Waals surface area contributed by atoms with E-state index in [9.17, 15) is 4.39 Å². The van der Waals surface area contributed by atoms with Crippen LogP contribution in [-0.4, -0.2) is 22.3 Å². The van der Waals surface area contributed by atoms with Crippen molar-refractivity contribution in [3.63, 3.8) is 0 Å². The highest BCUT2D eigenvalue weighted by Gasteiger charge is 2.13. The van der Waals surface area contributed by atoms with Gasteiger partial charge in [-0.05, 0) is 67.9 Å². The first-order chi connectivity index (χ1) is 9.85. The van der Waals surface area contributed by atoms with Gasteiger partial charge in [0.2, 0.25) is 11.8 Å². The van der Waals surface area contributed by atoms with Crippen molar-refractivity contribution in [1.82, 2.24) is 15.5 Å². The van der Waals surface area contributed by atoms with Crippen LogP contribution in [0.25, 0.3) is 11.5 Å². The van der Waals surface area contributed by atoms with Crippen LogP contribution in [0.4, 0.5) is 4.39 Å². The maximum absolute atomic E-state index is 13.1. The van der Waals surface area contributed by atoms with E-state index < -0.39 is 0 Å². The van der Waals surface area contributed by atoms with Gasteiger partial charge >= 0.3 is 0 Å². The molecule has 6 heteroatoms. The molecule has 0 aliphatic rings. The quantitative estimate of drug-likeness (QED) is 0.824. The van der Waals surface area contributed by atoms with Crippen molar-refractivity contribution in [2.75, 3.05) is 6.54 Å². The number of nitrogens with zero attached hydrogens (tertiary/aromatic N) is 2. The van der Waals surface area contributed by atoms with Crippen LogP contribution in [0.2, 0.25) is 0 Å². The van der Waals surface area contributed by atoms with E-state index in [4.69, 9.17) is 4.42 Å². The van der Waals surface area contributed by atoms with Gasteiger partial charge in [0.1, 0.15) is 5.82 Å². The Morgan fingerprint density at radius 1 is 1.29 bits per heavy atom. The van der Waals surface area contributed by atoms with Gasteiger partial charge in [-0.1, -0.05) is 0 Å². The van der Waals surface area contributed by atoms with Crippen LogP contribution in [-0.2, 0) is 6.42 Å². The first-order valence-corrected chi connectivity index (χ1v) is 7.67. The van der Waals surface area contributed by atoms with Crippen LogP contribution in [0.5, 0.6) is 0 Å². The molecule has 0 spiro atoms. The molecule has 0 aliphatic carbocycles. The van der Waals surface area contributed by atoms with E-state index in [2.05, 4.69) is 52.2 Å². The van der Waals surface area contributed by atoms with Crippen molar-refractivity contribution >= 4 is 15.9 Å². The van der Waals surface area contributed by atoms with E-state index in [1.54, 1.807) is 6.07 Å². The van der Waals surface area contributed by atoms with Crippen molar-refractivity contribution in [1.29, 1.82) is 0 Å². The van der Waals surface area contributed by atoms with Gasteiger partial charge in [-0.25, -0.2) is 4.39 Å². The maximum atomic E-state index is 13.1. The largest absolute Gasteiger partial charge is 0.421 e. The highest BCUT2D eigenvalue weighted by Crippen LogP contribution is 2.27. The van der Waals surface area contributed by atoms with Gasteiger partial charge in [-0.15, -0.1) is 10.2 Å². The monoisotopic (exact) mass is 355 g/mol. The molecule has 0 aliphatic heterocycles. The highest BCUT2D eigenvalue weighted by molar-refractivity contribution is 9.10. The number of benzene rings is 1. The second kappa shape index (κ2) is 6.66. The van der Waals surface area contributed by atoms with Gasteiger partial charge in [0.25, 0.3) is 0 Å². The van der Waals surface area contributed by atoms with Crippen LogP contribution >= 0.6 is 15.9 Å². The van der Waals surface area contributed by atoms with Crippen molar-refractivity contribution in [2.45, 2.75) is 39.2 Å². The molecule has 0 saturated carbocycles. The zero-order chi connectivity index (χ0) is 15.5. The molecule has 1 aromatic heterocycles. The standard InChI is InChI=1S/C15H19BrFN3O/c1-15(2,3)18-8-4-5-13-19-20-14(21-13)11-7-6-10(17)9-12(11)16/h6-7,9,18H,4-5,8H2,1-3H3. The van der Waals surface area contributed by atoms with E-state index in [-0.39, 0.29) is 11.4 Å². The van der Waals surface area contributed by atoms with Gasteiger partial charge in [0, 0.05) is 16.4 Å². The molecule has 2 aromatic rings. The van der Waals surface area contributed by atoms with Gasteiger partial charge in [0.15, 0.2) is 0 Å². The van der Waals surface area contributed by atoms with Crippen molar-refractivity contribution in [2.24, 2.45) is 0 Å². The third kappa shape index (κ3) is 4.89. The van der Waals surface area contributed by atoms with Crippen molar-refractivity contribution < 1.29 is 8.81 Å². The molecule has 21 heavy (non-hydrogen) atoms. The van der Waals surface area contributed by atoms with E-state index in [0.29, 0.717) is 21.8 Å². The lowest BCUT2D eigenvalue weighted by Gasteiger charge is -2.19. The fourth-order valence-corrected chi connectivity index (χ4v) is 2.35. The third-order valence-corrected chi connectivity index (χ3v) is 3.51. The van der Waals surface area contributed by atoms with Gasteiger partial charge in [0.05, 0.1) is 5.56 Å². The van der Waals surface area contributed by atoms with Crippen LogP contribution in [0.1, 0.15) is 33.1 Å². The zero-order valence-electron chi connectivity index (χ0n) is 12.4. The second-order valence-electron chi connectivity index (χ2n) is 5.91. The fraction of sp³-hybridized carbons (Fsp3) is 0.467. The molecule has 114 valence electrons. The molecule has 0 saturated heterocycles. The van der Waals surface area contributed by atoms with Crippen LogP contribution in [0.3, 0.4) is 0 Å². The van der Waals surface area contributed by atoms with Crippen LogP contribution in [0, 0.1) is 5.82 Å². The second-order valence-corrected chi connectivity index (χ2v) is 6.76. The van der Waals surface area contributed by atoms with Crippen LogP contribution < -0.4 is 5.32 Å². The minimum atomic E-state index is -0.307. The number of hydrogen-bond donors (Lipinski definition) is 1. The summed E-state index contributed by atoms with van der Waals surface area (Å²) in [6, 6.07) is 4.38. The number of aryl methyl sites for hydroxylation is 1. The van der Waals surface area contributed by atoms with Gasteiger partial charge < -0.3 is 9.73 Å². The smallest absolute Gasteiger partial charge is 0.248 e. The summed E-state index contributed by atoms with van der Waals surface area (Å²) < 4.78 is 19.3. The Balaban J connectivity index is 1.95. The third-order valence-electron chi connectivity index (χ3n) is 2.85. The van der Waals surface area contributed by atoms with E-state index in [1.165, 1.54) is 12.1 Å². The summed E-state index contributed by atoms with van der Waals surface area (Å²) in [6.07, 6.45) is 1.64. The summed E-state index contributed by atoms with van der Waals surface area (Å²) in [5.74, 6) is 0.691. The average molecular weight is 356 g/mol. The maximum Gasteiger partial charge on any atom is 0.248 e. The average Bonchev–Trinajstić information content (AvgIpc) is 2.82. The van der Waals surface area contributed by atoms with Gasteiger partial charge in [-0.3, -0.25) is 0 Å². The summed E-state index contributed by atoms with van der Waals surface area (Å²) in [5, 5.41) is 11.5. The molecule has 0 radical (unpaired) electrons. The minimum absolute atomic E-state index is 0.110. The Hall–Kier alpha value is -1.27. The number of aromatic nitrogens is 2. The predicted octanol–water partition coefficient (Wildman–Crippen LogP) is 3.96. The topological polar surface area (TPSA) is 51.0 Å². The fourth-order valence-electron chi connectivity index (χ4n) is 1.83. The number of hydrogen-bond acceptors (Lipinski definition) is 4. The molecule has 0 fully saturated rings. The molecular formula is C15H19BrFN3O. The Kier molecular flexibility index (Phi) is 5.11. The predicted molar refractivity (Wildman–Crippen MR) is 83.5 cm³/mol. The molecule has 0 unspecified atom stereocenters. The molecule has 1 N–H and O–H groups in total. The summed E-state index contributed by atoms with van der Waals surface area (Å²) in [4.78, 5) is 0. The highest BCUT2D eigenvalue weighted by atomic mass is 79.9. The summed E-state index contributed by atoms with van der Waals surface area (Å²) in [6.45, 7) is 7.28. The lowest BCUT2D eigenvalue weighted by atomic mass is 10.1. The Morgan fingerprint density at radius 3 is 2.71 bits per heavy atom. The Bertz CT molecular complexity index is 607. The minimum Gasteiger partial charge on any atom is -0.421 e. The molecule has 0 atom stereocenters. The van der Waals surface area contributed by atoms with E-state index >= 15 is 0 Å². The molecule has 2 rings (SSSR count). The normalized spacial score (nSPS) is 11.9. The molecule has 0 bridgehead atoms. The first kappa shape index (κ1) is 16.1. The summed E-state index contributed by atoms with van der Waals surface area (Å²) in [7, 11) is 0. The number of nitrogens with one attached hydrogen (secondary N) is 1. The summed E-state index contributed by atoms with van der Waals surface area (Å²) in [5.41, 5.74) is 0.807. The van der Waals surface area contributed by atoms with Crippen molar-refractivity contribution in [3.8, 4) is 11.5 Å². The Labute approximate surface area is 132 Å². The first-order valence-electron chi connectivity index (χ1n) is 6.88. The van der Waals surface area contributed by atoms with Crippen molar-refractivity contribution in [3.05, 3.63) is 34.4 Å². The van der Waals surface area contributed by atoms with Crippen LogP contribution in [0.15, 0.2) is 27.1 Å². The number of rotatable bonds is 5. The van der Waals surface area contributed by atoms with Gasteiger partial charge in [-0.2, -0.15) is 0 Å². The lowest BCUT2D eigenvalue weighted by Crippen LogP contribution is -2.36. The molecule has 1 aromatic carbocycles. The summed E-state index contributed by atoms with van der Waals surface area (Å²) >= 11 is 3.30. The van der Waals surface area contributed by atoms with E-state index in [0.717, 1.165) is 19.4 Å². The SMILES string of the molecule is CC(C)(C)NCCCc1nnc(-c2ccc(F)cc2Br)o1. The zero-order valence-corrected chi connectivity index (χ0v) is 14.0. The molecule has 4 nitrogen and oxygen atoms in total. The molecule has 1 heterocycles. The number of halogens is 2. The molecular weight excluding hydrogens is 337 g/mol. The lowest BCUT2D eigenvalue weighted by molar-refractivity contribution is 0.412. The molecule has 0 amide bonds. The Morgan fingerprint density at radius 2 is 2.05 bits per heavy atom. The van der Waals surface area contributed by atoms with E-state index in [1.807, 2.05) is 0 Å².